The first-order chi connectivity index (χ1) is 15.4. The fourth-order valence-corrected chi connectivity index (χ4v) is 3.97. The van der Waals surface area contributed by atoms with E-state index in [2.05, 4.69) is 6.92 Å². The first-order valence-corrected chi connectivity index (χ1v) is 12.9. The van der Waals surface area contributed by atoms with E-state index in [1.54, 1.807) is 13.8 Å². The largest absolute Gasteiger partial charge is 0.463 e. The predicted octanol–water partition coefficient (Wildman–Crippen LogP) is 4.24. The van der Waals surface area contributed by atoms with Crippen molar-refractivity contribution in [3.63, 3.8) is 0 Å². The Morgan fingerprint density at radius 1 is 0.781 bits per heavy atom. The van der Waals surface area contributed by atoms with Crippen LogP contribution in [0, 0.1) is 0 Å². The molecule has 7 heteroatoms. The number of aliphatic hydroxyl groups excluding tert-OH is 3. The third-order valence-electron chi connectivity index (χ3n) is 5.97. The lowest BCUT2D eigenvalue weighted by atomic mass is 9.99. The molecule has 0 saturated carbocycles. The molecule has 0 radical (unpaired) electrons. The highest BCUT2D eigenvalue weighted by molar-refractivity contribution is 5.69. The van der Waals surface area contributed by atoms with Gasteiger partial charge >= 0.3 is 5.97 Å². The van der Waals surface area contributed by atoms with E-state index >= 15 is 0 Å². The molecule has 7 nitrogen and oxygen atoms in total. The molecule has 1 aliphatic heterocycles. The molecule has 0 aromatic carbocycles. The zero-order chi connectivity index (χ0) is 23.8. The number of hydrogen-bond donors (Lipinski definition) is 3. The van der Waals surface area contributed by atoms with Gasteiger partial charge in [0.25, 0.3) is 0 Å². The quantitative estimate of drug-likeness (QED) is 0.207. The Bertz CT molecular complexity index is 471. The third kappa shape index (κ3) is 12.5. The van der Waals surface area contributed by atoms with Crippen LogP contribution in [0.1, 0.15) is 111 Å². The van der Waals surface area contributed by atoms with Gasteiger partial charge in [0.1, 0.15) is 31.0 Å². The molecular weight excluding hydrogens is 412 g/mol. The Kier molecular flexibility index (Phi) is 16.2. The highest BCUT2D eigenvalue weighted by Gasteiger charge is 2.45. The zero-order valence-electron chi connectivity index (χ0n) is 20.5. The number of rotatable bonds is 18. The standard InChI is InChI=1S/C25H48O7/c1-4-5-6-7-8-9-10-11-12-13-14-15-16-17-21(26)30-18-20-22(27)23(28)24(29)25(32-20)31-19(2)3/h19-20,22-25,27-29H,4-18H2,1-3H3/t20-,22-,23+,24-,25?/m1/s1. The molecule has 190 valence electrons. The van der Waals surface area contributed by atoms with Crippen LogP contribution in [0.5, 0.6) is 0 Å². The van der Waals surface area contributed by atoms with Gasteiger partial charge in [0, 0.05) is 6.42 Å². The summed E-state index contributed by atoms with van der Waals surface area (Å²) in [4.78, 5) is 12.0. The maximum Gasteiger partial charge on any atom is 0.305 e. The highest BCUT2D eigenvalue weighted by atomic mass is 16.7. The van der Waals surface area contributed by atoms with Crippen molar-refractivity contribution >= 4 is 5.97 Å². The van der Waals surface area contributed by atoms with Crippen molar-refractivity contribution < 1.29 is 34.3 Å². The van der Waals surface area contributed by atoms with Gasteiger partial charge in [-0.3, -0.25) is 4.79 Å². The Balaban J connectivity index is 2.05. The Labute approximate surface area is 194 Å². The van der Waals surface area contributed by atoms with Gasteiger partial charge in [0.05, 0.1) is 6.10 Å². The SMILES string of the molecule is CCCCCCCCCCCCCCCC(=O)OC[C@H]1OC(OC(C)C)[C@H](O)[C@@H](O)[C@@H]1O. The Morgan fingerprint density at radius 3 is 1.78 bits per heavy atom. The van der Waals surface area contributed by atoms with Crippen molar-refractivity contribution in [1.82, 2.24) is 0 Å². The van der Waals surface area contributed by atoms with Crippen LogP contribution < -0.4 is 0 Å². The molecule has 0 amide bonds. The molecule has 0 aliphatic carbocycles. The Hall–Kier alpha value is -0.730. The highest BCUT2D eigenvalue weighted by Crippen LogP contribution is 2.23. The molecule has 3 N–H and O–H groups in total. The average molecular weight is 461 g/mol. The van der Waals surface area contributed by atoms with Crippen LogP contribution in [0.3, 0.4) is 0 Å². The number of ether oxygens (including phenoxy) is 3. The maximum atomic E-state index is 12.0. The third-order valence-corrected chi connectivity index (χ3v) is 5.97. The predicted molar refractivity (Wildman–Crippen MR) is 124 cm³/mol. The van der Waals surface area contributed by atoms with Crippen molar-refractivity contribution in [2.24, 2.45) is 0 Å². The number of esters is 1. The number of carbonyl (C=O) groups is 1. The first-order valence-electron chi connectivity index (χ1n) is 12.9. The molecule has 5 atom stereocenters. The Morgan fingerprint density at radius 2 is 1.28 bits per heavy atom. The molecule has 32 heavy (non-hydrogen) atoms. The summed E-state index contributed by atoms with van der Waals surface area (Å²) in [5.74, 6) is -0.342. The van der Waals surface area contributed by atoms with Gasteiger partial charge in [-0.2, -0.15) is 0 Å². The lowest BCUT2D eigenvalue weighted by Crippen LogP contribution is -2.59. The van der Waals surface area contributed by atoms with E-state index in [4.69, 9.17) is 14.2 Å². The van der Waals surface area contributed by atoms with E-state index in [0.717, 1.165) is 19.3 Å². The molecule has 1 saturated heterocycles. The van der Waals surface area contributed by atoms with E-state index < -0.39 is 30.7 Å². The summed E-state index contributed by atoms with van der Waals surface area (Å²) in [6.07, 6.45) is 10.2. The lowest BCUT2D eigenvalue weighted by molar-refractivity contribution is -0.309. The van der Waals surface area contributed by atoms with Crippen molar-refractivity contribution in [2.45, 2.75) is 147 Å². The smallest absolute Gasteiger partial charge is 0.305 e. The molecule has 0 aromatic heterocycles. The fraction of sp³-hybridized carbons (Fsp3) is 0.960. The summed E-state index contributed by atoms with van der Waals surface area (Å²) >= 11 is 0. The van der Waals surface area contributed by atoms with E-state index in [0.29, 0.717) is 6.42 Å². The number of unbranched alkanes of at least 4 members (excludes halogenated alkanes) is 12. The van der Waals surface area contributed by atoms with Crippen LogP contribution in [-0.4, -0.2) is 64.7 Å². The molecule has 1 heterocycles. The molecule has 0 bridgehead atoms. The van der Waals surface area contributed by atoms with E-state index in [1.807, 2.05) is 0 Å². The van der Waals surface area contributed by atoms with Crippen LogP contribution in [0.25, 0.3) is 0 Å². The maximum absolute atomic E-state index is 12.0. The monoisotopic (exact) mass is 460 g/mol. The second-order valence-corrected chi connectivity index (χ2v) is 9.38. The number of hydrogen-bond acceptors (Lipinski definition) is 7. The second kappa shape index (κ2) is 17.7. The zero-order valence-corrected chi connectivity index (χ0v) is 20.5. The lowest BCUT2D eigenvalue weighted by Gasteiger charge is -2.40. The minimum atomic E-state index is -1.42. The van der Waals surface area contributed by atoms with Crippen molar-refractivity contribution in [3.8, 4) is 0 Å². The number of aliphatic hydroxyl groups is 3. The summed E-state index contributed by atoms with van der Waals surface area (Å²) in [5.41, 5.74) is 0. The molecular formula is C25H48O7. The molecule has 1 aliphatic rings. The average Bonchev–Trinajstić information content (AvgIpc) is 2.76. The minimum Gasteiger partial charge on any atom is -0.463 e. The van der Waals surface area contributed by atoms with Crippen molar-refractivity contribution in [1.29, 1.82) is 0 Å². The van der Waals surface area contributed by atoms with Gasteiger partial charge in [0.15, 0.2) is 6.29 Å². The fourth-order valence-electron chi connectivity index (χ4n) is 3.97. The first kappa shape index (κ1) is 29.3. The molecule has 1 unspecified atom stereocenters. The van der Waals surface area contributed by atoms with Gasteiger partial charge in [-0.25, -0.2) is 0 Å². The van der Waals surface area contributed by atoms with E-state index in [-0.39, 0.29) is 18.7 Å². The topological polar surface area (TPSA) is 105 Å². The minimum absolute atomic E-state index is 0.180. The molecule has 1 fully saturated rings. The summed E-state index contributed by atoms with van der Waals surface area (Å²) < 4.78 is 16.2. The van der Waals surface area contributed by atoms with Gasteiger partial charge in [-0.1, -0.05) is 84.0 Å². The van der Waals surface area contributed by atoms with Crippen LogP contribution in [-0.2, 0) is 19.0 Å². The van der Waals surface area contributed by atoms with E-state index in [9.17, 15) is 20.1 Å². The van der Waals surface area contributed by atoms with Gasteiger partial charge in [-0.15, -0.1) is 0 Å². The summed E-state index contributed by atoms with van der Waals surface area (Å²) in [6.45, 7) is 5.62. The summed E-state index contributed by atoms with van der Waals surface area (Å²) in [5, 5.41) is 30.1. The number of carbonyl (C=O) groups excluding carboxylic acids is 1. The van der Waals surface area contributed by atoms with Gasteiger partial charge in [-0.05, 0) is 20.3 Å². The van der Waals surface area contributed by atoms with Gasteiger partial charge in [0.2, 0.25) is 0 Å². The van der Waals surface area contributed by atoms with Crippen LogP contribution in [0.4, 0.5) is 0 Å². The van der Waals surface area contributed by atoms with Crippen molar-refractivity contribution in [3.05, 3.63) is 0 Å². The molecule has 0 spiro atoms. The summed E-state index contributed by atoms with van der Waals surface area (Å²) in [7, 11) is 0. The van der Waals surface area contributed by atoms with E-state index in [1.165, 1.54) is 64.2 Å². The van der Waals surface area contributed by atoms with Crippen LogP contribution in [0.15, 0.2) is 0 Å². The second-order valence-electron chi connectivity index (χ2n) is 9.38. The normalized spacial score (nSPS) is 25.9. The summed E-state index contributed by atoms with van der Waals surface area (Å²) in [6, 6.07) is 0. The van der Waals surface area contributed by atoms with Crippen molar-refractivity contribution in [2.75, 3.05) is 6.61 Å². The van der Waals surface area contributed by atoms with Crippen LogP contribution >= 0.6 is 0 Å². The molecule has 1 rings (SSSR count). The van der Waals surface area contributed by atoms with Gasteiger partial charge < -0.3 is 29.5 Å². The van der Waals surface area contributed by atoms with Crippen LogP contribution in [0.2, 0.25) is 0 Å². The molecule has 0 aromatic rings.